The molecule has 674 valence electrons. The Morgan fingerprint density at radius 3 is 0.726 bits per heavy atom. The number of anilines is 2. The summed E-state index contributed by atoms with van der Waals surface area (Å²) in [7, 11) is 8.29. The van der Waals surface area contributed by atoms with E-state index in [0.29, 0.717) is 74.1 Å². The first kappa shape index (κ1) is 98.8. The van der Waals surface area contributed by atoms with Gasteiger partial charge in [0, 0.05) is 72.9 Å². The number of hydrogen-bond donors (Lipinski definition) is 2. The van der Waals surface area contributed by atoms with E-state index in [-0.39, 0.29) is 0 Å². The normalized spacial score (nSPS) is 11.6. The van der Waals surface area contributed by atoms with Gasteiger partial charge >= 0.3 is 0 Å². The highest BCUT2D eigenvalue weighted by atomic mass is 16.5. The number of benzene rings is 4. The third-order valence-corrected chi connectivity index (χ3v) is 24.3. The Bertz CT molecular complexity index is 4180. The summed E-state index contributed by atoms with van der Waals surface area (Å²) in [4.78, 5) is 23.9. The maximum Gasteiger partial charge on any atom is 0.203 e. The van der Waals surface area contributed by atoms with Gasteiger partial charge in [-0.3, -0.25) is 0 Å². The maximum absolute atomic E-state index is 7.15. The minimum Gasteiger partial charge on any atom is -0.490 e. The SMILES string of the molecule is CCCCCCCCCCOc1cc(-c2c3nc(c(C#Cc4ccc(N(C)C)cc4)c4ccc([nH]4)c(-c4cc(OCCCCCCCCCC)c(OCCCCCCCCCC)c(OCCCCCCCCCC)c4)c4nc(c(C#Cc5ccc(N(C)C)cc5)c5ccc2[nH]5)C=C4)C=C3)cc(OCCCCCCCCCC)c1OCCCCCCCCCC. The van der Waals surface area contributed by atoms with E-state index in [1.165, 1.54) is 231 Å². The molecule has 0 saturated carbocycles. The highest BCUT2D eigenvalue weighted by Gasteiger charge is 2.25. The van der Waals surface area contributed by atoms with Gasteiger partial charge in [0.05, 0.1) is 84.6 Å². The second-order valence-corrected chi connectivity index (χ2v) is 35.4. The predicted octanol–water partition coefficient (Wildman–Crippen LogP) is 32.0. The van der Waals surface area contributed by atoms with Crippen molar-refractivity contribution in [2.75, 3.05) is 77.6 Å². The summed E-state index contributed by atoms with van der Waals surface area (Å²) in [6.45, 7) is 17.1. The van der Waals surface area contributed by atoms with Crippen molar-refractivity contribution in [3.63, 3.8) is 0 Å². The Balaban J connectivity index is 1.29. The first-order valence-electron chi connectivity index (χ1n) is 49.9. The zero-order chi connectivity index (χ0) is 87.2. The Labute approximate surface area is 751 Å². The zero-order valence-corrected chi connectivity index (χ0v) is 79.0. The lowest BCUT2D eigenvalue weighted by Crippen LogP contribution is -2.07. The van der Waals surface area contributed by atoms with Crippen LogP contribution in [-0.2, 0) is 0 Å². The summed E-state index contributed by atoms with van der Waals surface area (Å²) in [5.74, 6) is 18.9. The predicted molar refractivity (Wildman–Crippen MR) is 532 cm³/mol. The van der Waals surface area contributed by atoms with Crippen LogP contribution in [0, 0.1) is 23.7 Å². The number of H-pyrrole nitrogens is 2. The van der Waals surface area contributed by atoms with Crippen molar-refractivity contribution < 1.29 is 28.4 Å². The van der Waals surface area contributed by atoms with E-state index in [9.17, 15) is 0 Å². The van der Waals surface area contributed by atoms with E-state index in [1.807, 2.05) is 0 Å². The Hall–Kier alpha value is -9.00. The zero-order valence-electron chi connectivity index (χ0n) is 79.0. The second-order valence-electron chi connectivity index (χ2n) is 35.4. The third kappa shape index (κ3) is 34.4. The molecule has 5 heterocycles. The summed E-state index contributed by atoms with van der Waals surface area (Å²) in [6.07, 6.45) is 66.4. The molecule has 2 N–H and O–H groups in total. The second kappa shape index (κ2) is 59.1. The summed E-state index contributed by atoms with van der Waals surface area (Å²) in [5, 5.41) is 0. The topological polar surface area (TPSA) is 119 Å². The molecule has 0 atom stereocenters. The number of ether oxygens (including phenoxy) is 6. The minimum absolute atomic E-state index is 0.558. The van der Waals surface area contributed by atoms with Gasteiger partial charge in [0.2, 0.25) is 11.5 Å². The van der Waals surface area contributed by atoms with E-state index >= 15 is 0 Å². The molecular formula is C112H160N6O6. The lowest BCUT2D eigenvalue weighted by molar-refractivity contribution is 0.234. The first-order chi connectivity index (χ1) is 61.0. The molecule has 124 heavy (non-hydrogen) atoms. The van der Waals surface area contributed by atoms with Gasteiger partial charge < -0.3 is 48.2 Å². The van der Waals surface area contributed by atoms with Crippen LogP contribution in [0.4, 0.5) is 11.4 Å². The van der Waals surface area contributed by atoms with E-state index in [2.05, 4.69) is 235 Å². The maximum atomic E-state index is 7.15. The molecule has 12 nitrogen and oxygen atoms in total. The van der Waals surface area contributed by atoms with Crippen molar-refractivity contribution in [2.45, 2.75) is 350 Å². The molecule has 0 amide bonds. The van der Waals surface area contributed by atoms with Crippen LogP contribution in [0.15, 0.2) is 97.1 Å². The number of fused-ring (bicyclic) bond motifs is 8. The van der Waals surface area contributed by atoms with Crippen LogP contribution < -0.4 is 38.2 Å². The molecule has 0 fully saturated rings. The van der Waals surface area contributed by atoms with Gasteiger partial charge in [0.1, 0.15) is 0 Å². The number of nitrogens with zero attached hydrogens (tertiary/aromatic N) is 4. The van der Waals surface area contributed by atoms with Crippen LogP contribution in [0.3, 0.4) is 0 Å². The van der Waals surface area contributed by atoms with Crippen LogP contribution in [0.1, 0.15) is 395 Å². The van der Waals surface area contributed by atoms with Gasteiger partial charge in [-0.2, -0.15) is 0 Å². The van der Waals surface area contributed by atoms with Gasteiger partial charge in [-0.15, -0.1) is 0 Å². The quantitative estimate of drug-likeness (QED) is 0.0282. The van der Waals surface area contributed by atoms with Gasteiger partial charge in [-0.1, -0.05) is 335 Å². The summed E-state index contributed by atoms with van der Waals surface area (Å²) >= 11 is 0. The first-order valence-corrected chi connectivity index (χ1v) is 49.9. The summed E-state index contributed by atoms with van der Waals surface area (Å²) in [5.41, 5.74) is 15.3. The van der Waals surface area contributed by atoms with E-state index in [1.54, 1.807) is 0 Å². The van der Waals surface area contributed by atoms with Crippen LogP contribution >= 0.6 is 0 Å². The van der Waals surface area contributed by atoms with E-state index in [0.717, 1.165) is 178 Å². The van der Waals surface area contributed by atoms with Crippen molar-refractivity contribution in [2.24, 2.45) is 0 Å². The highest BCUT2D eigenvalue weighted by molar-refractivity contribution is 5.96. The molecule has 2 aliphatic heterocycles. The third-order valence-electron chi connectivity index (χ3n) is 24.3. The fourth-order valence-electron chi connectivity index (χ4n) is 16.7. The molecule has 3 aromatic heterocycles. The van der Waals surface area contributed by atoms with Crippen molar-refractivity contribution in [3.05, 3.63) is 142 Å². The smallest absolute Gasteiger partial charge is 0.203 e. The molecule has 4 aromatic carbocycles. The summed E-state index contributed by atoms with van der Waals surface area (Å²) < 4.78 is 42.7. The number of nitrogens with one attached hydrogen (secondary N) is 2. The van der Waals surface area contributed by atoms with Crippen LogP contribution in [-0.4, -0.2) is 87.8 Å². The van der Waals surface area contributed by atoms with Gasteiger partial charge in [-0.05, 0) is 171 Å². The molecule has 0 saturated heterocycles. The van der Waals surface area contributed by atoms with Crippen molar-refractivity contribution >= 4 is 57.7 Å². The van der Waals surface area contributed by atoms with Crippen LogP contribution in [0.2, 0.25) is 0 Å². The van der Waals surface area contributed by atoms with Crippen molar-refractivity contribution in [1.29, 1.82) is 0 Å². The molecule has 2 aliphatic rings. The number of hydrogen-bond acceptors (Lipinski definition) is 10. The molecule has 0 spiro atoms. The van der Waals surface area contributed by atoms with Crippen molar-refractivity contribution in [3.8, 4) is 80.4 Å². The van der Waals surface area contributed by atoms with Gasteiger partial charge in [0.15, 0.2) is 23.0 Å². The highest BCUT2D eigenvalue weighted by Crippen LogP contribution is 2.47. The molecule has 9 rings (SSSR count). The van der Waals surface area contributed by atoms with Gasteiger partial charge in [0.25, 0.3) is 0 Å². The molecule has 12 heteroatoms. The van der Waals surface area contributed by atoms with Crippen molar-refractivity contribution in [1.82, 2.24) is 19.9 Å². The fourth-order valence-corrected chi connectivity index (χ4v) is 16.7. The standard InChI is InChI=1S/C112H160N6O6/c1-11-17-23-29-35-41-47-53-79-119-105-85-91(86-106(120-80-54-48-42-36-30-24-18-12-2)111(105)123-83-57-51-45-39-33-27-21-15-5)109-101-75-71-97(113-101)95(69-63-89-59-65-93(66-60-89)117(7)8)99-73-77-103(115-99)110(104-78-74-100(116-104)96(98-72-76-102(109)114-98)70-64-90-61-67-94(68-62-90)118(9)10)92-87-107(121-81-55-49-43-37-31-25-19-13-3)112(124-84-58-52-46-40-34-28-22-16-6)108(88-92)122-82-56-50-44-38-32-26-20-14-4/h59-62,65-68,71-78,85-88,113,116H,11-58,79-84H2,1-10H3. The average Bonchev–Trinajstić information content (AvgIpc) is 1.58. The van der Waals surface area contributed by atoms with Crippen LogP contribution in [0.25, 0.3) is 68.6 Å². The number of aromatic amines is 2. The molecule has 0 unspecified atom stereocenters. The lowest BCUT2D eigenvalue weighted by atomic mass is 10.0. The molecule has 0 radical (unpaired) electrons. The Morgan fingerprint density at radius 2 is 0.476 bits per heavy atom. The van der Waals surface area contributed by atoms with E-state index < -0.39 is 0 Å². The Kier molecular flexibility index (Phi) is 47.0. The average molecular weight is 1690 g/mol. The number of unbranched alkanes of at least 4 members (excludes halogenated alkanes) is 42. The Morgan fingerprint density at radius 1 is 0.250 bits per heavy atom. The monoisotopic (exact) mass is 1690 g/mol. The van der Waals surface area contributed by atoms with E-state index in [4.69, 9.17) is 38.4 Å². The largest absolute Gasteiger partial charge is 0.490 e. The number of aromatic nitrogens is 4. The fraction of sp³-hybridized carbons (Fsp3) is 0.571. The molecule has 8 bridgehead atoms. The molecule has 0 aliphatic carbocycles. The molecular weight excluding hydrogens is 1530 g/mol. The number of rotatable bonds is 64. The molecule has 7 aromatic rings. The lowest BCUT2D eigenvalue weighted by Gasteiger charge is -2.19. The summed E-state index contributed by atoms with van der Waals surface area (Å²) in [6, 6.07) is 34.4. The van der Waals surface area contributed by atoms with Crippen LogP contribution in [0.5, 0.6) is 34.5 Å². The van der Waals surface area contributed by atoms with Gasteiger partial charge in [-0.25, -0.2) is 9.97 Å². The minimum atomic E-state index is 0.558.